The normalized spacial score (nSPS) is 19.5. The van der Waals surface area contributed by atoms with Gasteiger partial charge in [0.1, 0.15) is 27.6 Å². The average Bonchev–Trinajstić information content (AvgIpc) is 1.58. The Kier molecular flexibility index (Phi) is 31.5. The number of allylic oxidation sites excluding steroid dienone is 2. The first kappa shape index (κ1) is 109. The van der Waals surface area contributed by atoms with Crippen molar-refractivity contribution in [3.63, 3.8) is 0 Å². The Bertz CT molecular complexity index is 6610. The van der Waals surface area contributed by atoms with Crippen molar-refractivity contribution in [1.82, 2.24) is 49.8 Å². The Balaban J connectivity index is 0.000000146. The van der Waals surface area contributed by atoms with Crippen LogP contribution < -0.4 is 30.7 Å². The van der Waals surface area contributed by atoms with E-state index in [9.17, 15) is 63.9 Å². The molecule has 13 heterocycles. The van der Waals surface area contributed by atoms with Gasteiger partial charge in [0.15, 0.2) is 4.73 Å². The van der Waals surface area contributed by atoms with Gasteiger partial charge in [0.05, 0.1) is 89.5 Å². The minimum Gasteiger partial charge on any atom is -0.405 e. The maximum atomic E-state index is 13.8. The standard InChI is InChI=1S/C27H19F4N5O2.C20H26BN3O3.C14H12BrN3O.C13H7BrF4N2O.C12H24B2O4.C10H10BrNO.C4H3BrN2/c1-26(2)21-17(5-3-6-20(21)36(24(26)38)25-32-13-4-14-33-25)19-12-11-18(27(29,30)31)22(35-19)23(37)34-16-9-7-15(28)8-10-16;1-18(2)15-13(21-26-19(3,4)20(5,6)27-21)9-7-10-14(15)24(16(18)25)17-22-11-8-12-23-17;1-14(2)11-9(15)5-3-6-10(11)18(12(14)19)13-16-7-4-8-17-13;14-10-6-5-9(13(16,17)18)11(20-10)12(21)19-8-3-1-7(15)2-4-8;1-9(2)10(3,4)16-13(15-9)14-17-11(5,6)12(7,8)18-14;1-10(2)8-6(11)4-3-5-7(8)12-9(10)13;5-4-6-2-1-3-7-4/h3-14H,1-2H3,(H,34,37);7-12,14-15H,1-6H3;3-8H,1-2H3;1-6H,(H,19,21);1-8H3;3-5H,1-2H3,(H,12,13);1-3H. The van der Waals surface area contributed by atoms with Gasteiger partial charge in [0.25, 0.3) is 11.8 Å². The second kappa shape index (κ2) is 41.5. The summed E-state index contributed by atoms with van der Waals surface area (Å²) >= 11 is 13.0. The summed E-state index contributed by atoms with van der Waals surface area (Å²) in [7, 11) is -1.43. The Morgan fingerprint density at radius 2 is 0.804 bits per heavy atom. The number of anilines is 8. The molecule has 0 spiro atoms. The number of alkyl halides is 6. The number of halogens is 12. The fourth-order valence-corrected chi connectivity index (χ4v) is 18.8. The first-order chi connectivity index (χ1) is 66.6. The number of aromatic nitrogens is 10. The molecule has 143 heavy (non-hydrogen) atoms. The second-order valence-electron chi connectivity index (χ2n) is 39.1. The van der Waals surface area contributed by atoms with Crippen LogP contribution in [0.2, 0.25) is 0 Å². The van der Waals surface area contributed by atoms with Crippen LogP contribution in [0.3, 0.4) is 0 Å². The number of hydrogen-bond donors (Lipinski definition) is 3. The monoisotopic (exact) mass is 2220 g/mol. The molecule has 4 saturated heterocycles. The molecular formula is C100H101B3Br4F8N16O12. The molecule has 11 aromatic rings. The van der Waals surface area contributed by atoms with Crippen molar-refractivity contribution in [3.05, 3.63) is 294 Å². The third kappa shape index (κ3) is 22.7. The molecule has 3 N–H and O–H groups in total. The average molecular weight is 2220 g/mol. The molecule has 43 heteroatoms. The summed E-state index contributed by atoms with van der Waals surface area (Å²) in [5.74, 6) is -2.58. The van der Waals surface area contributed by atoms with Crippen LogP contribution in [-0.2, 0) is 75.7 Å². The summed E-state index contributed by atoms with van der Waals surface area (Å²) in [6, 6.07) is 36.2. The number of hydrogen-bond acceptors (Lipinski definition) is 22. The zero-order valence-corrected chi connectivity index (χ0v) is 87.8. The van der Waals surface area contributed by atoms with Crippen LogP contribution in [0, 0.1) is 23.0 Å². The molecule has 19 rings (SSSR count). The molecule has 5 aromatic carbocycles. The summed E-state index contributed by atoms with van der Waals surface area (Å²) in [6.07, 6.45) is 9.43. The molecular weight excluding hydrogens is 2120 g/mol. The van der Waals surface area contributed by atoms with E-state index in [1.165, 1.54) is 41.6 Å². The van der Waals surface area contributed by atoms with E-state index in [4.69, 9.17) is 27.9 Å². The first-order valence-corrected chi connectivity index (χ1v) is 48.0. The molecule has 4 fully saturated rings. The predicted octanol–water partition coefficient (Wildman–Crippen LogP) is 22.5. The van der Waals surface area contributed by atoms with E-state index in [0.717, 1.165) is 85.5 Å². The number of amides is 6. The highest BCUT2D eigenvalue weighted by molar-refractivity contribution is 9.11. The number of nitrogens with one attached hydrogen (secondary N) is 3. The Morgan fingerprint density at radius 1 is 0.420 bits per heavy atom. The van der Waals surface area contributed by atoms with Gasteiger partial charge in [-0.05, 0) is 289 Å². The maximum absolute atomic E-state index is 13.8. The highest BCUT2D eigenvalue weighted by Crippen LogP contribution is 2.55. The molecule has 1 aliphatic carbocycles. The summed E-state index contributed by atoms with van der Waals surface area (Å²) < 4.78 is 145. The van der Waals surface area contributed by atoms with Gasteiger partial charge in [-0.3, -0.25) is 33.7 Å². The number of carbonyl (C=O) groups is 6. The minimum absolute atomic E-state index is 0.0117. The maximum Gasteiger partial charge on any atom is 0.490 e. The van der Waals surface area contributed by atoms with E-state index in [0.29, 0.717) is 33.4 Å². The van der Waals surface area contributed by atoms with Crippen molar-refractivity contribution in [2.24, 2.45) is 11.3 Å². The van der Waals surface area contributed by atoms with E-state index in [1.54, 1.807) is 103 Å². The van der Waals surface area contributed by atoms with Crippen LogP contribution in [0.5, 0.6) is 0 Å². The molecule has 2 atom stereocenters. The predicted molar refractivity (Wildman–Crippen MR) is 540 cm³/mol. The number of nitrogens with zero attached hydrogens (tertiary/aromatic N) is 13. The van der Waals surface area contributed by atoms with E-state index >= 15 is 0 Å². The molecule has 6 amide bonds. The van der Waals surface area contributed by atoms with Gasteiger partial charge in [-0.25, -0.2) is 68.4 Å². The minimum atomic E-state index is -4.86. The topological polar surface area (TPSA) is 333 Å². The van der Waals surface area contributed by atoms with Crippen molar-refractivity contribution in [2.75, 3.05) is 30.7 Å². The zero-order chi connectivity index (χ0) is 105. The Hall–Kier alpha value is -11.7. The van der Waals surface area contributed by atoms with Gasteiger partial charge in [-0.1, -0.05) is 88.2 Å². The van der Waals surface area contributed by atoms with Crippen molar-refractivity contribution in [2.45, 2.75) is 207 Å². The molecule has 28 nitrogen and oxygen atoms in total. The van der Waals surface area contributed by atoms with Gasteiger partial charge < -0.3 is 43.9 Å². The molecule has 0 bridgehead atoms. The quantitative estimate of drug-likeness (QED) is 0.0495. The lowest BCUT2D eigenvalue weighted by Gasteiger charge is -2.32. The van der Waals surface area contributed by atoms with Crippen LogP contribution in [0.1, 0.15) is 187 Å². The molecule has 2 unspecified atom stereocenters. The number of carbonyl (C=O) groups excluding carboxylic acids is 6. The summed E-state index contributed by atoms with van der Waals surface area (Å²) in [5.41, 5.74) is -2.56. The van der Waals surface area contributed by atoms with E-state index in [1.807, 2.05) is 179 Å². The van der Waals surface area contributed by atoms with E-state index in [2.05, 4.69) is 130 Å². The first-order valence-electron chi connectivity index (χ1n) is 44.9. The van der Waals surface area contributed by atoms with Crippen LogP contribution >= 0.6 is 63.7 Å². The summed E-state index contributed by atoms with van der Waals surface area (Å²) in [6.45, 7) is 39.4. The van der Waals surface area contributed by atoms with Gasteiger partial charge in [0.2, 0.25) is 41.5 Å². The zero-order valence-electron chi connectivity index (χ0n) is 81.4. The molecule has 7 aliphatic heterocycles. The number of rotatable bonds is 10. The fourth-order valence-electron chi connectivity index (χ4n) is 16.5. The highest BCUT2D eigenvalue weighted by Gasteiger charge is 2.65. The van der Waals surface area contributed by atoms with Crippen LogP contribution in [0.4, 0.5) is 81.4 Å². The van der Waals surface area contributed by atoms with Crippen LogP contribution in [-0.4, -0.2) is 146 Å². The van der Waals surface area contributed by atoms with Crippen molar-refractivity contribution in [3.8, 4) is 11.3 Å². The van der Waals surface area contributed by atoms with E-state index < -0.39 is 112 Å². The molecule has 0 saturated carbocycles. The van der Waals surface area contributed by atoms with Gasteiger partial charge in [-0.2, -0.15) is 26.3 Å². The molecule has 746 valence electrons. The molecule has 8 aliphatic rings. The summed E-state index contributed by atoms with van der Waals surface area (Å²) in [5, 5.41) is 7.43. The van der Waals surface area contributed by atoms with E-state index in [-0.39, 0.29) is 85.6 Å². The SMILES string of the molecule is Brc1ncccn1.CC1(C)C(=O)N(c2ncccn2)C2C=CC=C(B3OC(C)(C)C(C)(C)O3)C21.CC1(C)C(=O)N(c2ncccn2)c2cccc(-c3ccc(C(F)(F)F)c(C(=O)Nc4ccc(F)cc4)n3)c21.CC1(C)C(=O)N(c2ncccn2)c2cccc(Br)c21.CC1(C)C(=O)Nc2cccc(Br)c21.CC1(C)OB(B2OC(C)(C)C(C)(C)O2)OC1(C)C.O=C(Nc1ccc(F)cc1)c1nc(Br)ccc1C(F)(F)F. The number of benzene rings is 5. The smallest absolute Gasteiger partial charge is 0.405 e. The summed E-state index contributed by atoms with van der Waals surface area (Å²) in [4.78, 5) is 121. The second-order valence-corrected chi connectivity index (χ2v) is 42.3. The van der Waals surface area contributed by atoms with Gasteiger partial charge in [0, 0.05) is 104 Å². The van der Waals surface area contributed by atoms with Gasteiger partial charge >= 0.3 is 33.5 Å². The van der Waals surface area contributed by atoms with Crippen LogP contribution in [0.15, 0.2) is 243 Å². The van der Waals surface area contributed by atoms with Crippen LogP contribution in [0.25, 0.3) is 11.3 Å². The molecule has 0 radical (unpaired) electrons. The third-order valence-corrected chi connectivity index (χ3v) is 28.4. The lowest BCUT2D eigenvalue weighted by atomic mass is 9.49. The lowest BCUT2D eigenvalue weighted by molar-refractivity contribution is -0.139. The Labute approximate surface area is 856 Å². The third-order valence-electron chi connectivity index (χ3n) is 26.2. The Morgan fingerprint density at radius 3 is 1.23 bits per heavy atom. The highest BCUT2D eigenvalue weighted by atomic mass is 79.9. The van der Waals surface area contributed by atoms with Crippen molar-refractivity contribution < 1.29 is 91.8 Å². The largest absolute Gasteiger partial charge is 0.490 e. The van der Waals surface area contributed by atoms with Gasteiger partial charge in [-0.15, -0.1) is 0 Å². The van der Waals surface area contributed by atoms with Crippen molar-refractivity contribution in [1.29, 1.82) is 0 Å². The number of fused-ring (bicyclic) bond motifs is 4. The number of pyridine rings is 2. The lowest BCUT2D eigenvalue weighted by Crippen LogP contribution is -2.41. The van der Waals surface area contributed by atoms with Crippen molar-refractivity contribution >= 4 is 167 Å². The molecule has 6 aromatic heterocycles. The fraction of sp³-hybridized carbons (Fsp3) is 0.340.